The van der Waals surface area contributed by atoms with Crippen LogP contribution in [0.3, 0.4) is 0 Å². The van der Waals surface area contributed by atoms with Gasteiger partial charge in [0, 0.05) is 18.4 Å². The summed E-state index contributed by atoms with van der Waals surface area (Å²) in [5, 5.41) is 0.990. The summed E-state index contributed by atoms with van der Waals surface area (Å²) in [6, 6.07) is 0. The van der Waals surface area contributed by atoms with E-state index in [2.05, 4.69) is 28.1 Å². The standard InChI is InChI=1S/C11H20BrNO2S/c1-16(14,15)13-9-5-7-11(10-13)6-3-2-4-8-12/h2-3,11H,4-10H2,1H3. The molecule has 0 aliphatic carbocycles. The highest BCUT2D eigenvalue weighted by Gasteiger charge is 2.24. The summed E-state index contributed by atoms with van der Waals surface area (Å²) in [5.74, 6) is 0.495. The van der Waals surface area contributed by atoms with Crippen molar-refractivity contribution in [2.75, 3.05) is 24.7 Å². The van der Waals surface area contributed by atoms with E-state index in [1.54, 1.807) is 4.31 Å². The quantitative estimate of drug-likeness (QED) is 0.577. The molecule has 1 atom stereocenters. The van der Waals surface area contributed by atoms with Gasteiger partial charge in [-0.15, -0.1) is 0 Å². The molecule has 0 spiro atoms. The van der Waals surface area contributed by atoms with Gasteiger partial charge in [-0.3, -0.25) is 0 Å². The van der Waals surface area contributed by atoms with Crippen LogP contribution in [0, 0.1) is 5.92 Å². The van der Waals surface area contributed by atoms with Crippen LogP contribution in [-0.4, -0.2) is 37.4 Å². The zero-order valence-electron chi connectivity index (χ0n) is 9.73. The number of halogens is 1. The van der Waals surface area contributed by atoms with E-state index in [0.29, 0.717) is 19.0 Å². The molecular formula is C11H20BrNO2S. The highest BCUT2D eigenvalue weighted by molar-refractivity contribution is 9.09. The van der Waals surface area contributed by atoms with Crippen molar-refractivity contribution in [1.29, 1.82) is 0 Å². The van der Waals surface area contributed by atoms with E-state index in [1.165, 1.54) is 6.26 Å². The molecule has 1 aliphatic rings. The third-order valence-electron chi connectivity index (χ3n) is 2.86. The molecule has 0 radical (unpaired) electrons. The lowest BCUT2D eigenvalue weighted by atomic mass is 9.96. The number of hydrogen-bond donors (Lipinski definition) is 0. The normalized spacial score (nSPS) is 24.0. The molecule has 3 nitrogen and oxygen atoms in total. The van der Waals surface area contributed by atoms with Crippen LogP contribution in [0.5, 0.6) is 0 Å². The fourth-order valence-corrected chi connectivity index (χ4v) is 3.20. The second-order valence-corrected chi connectivity index (χ2v) is 7.09. The van der Waals surface area contributed by atoms with Gasteiger partial charge in [-0.05, 0) is 31.6 Å². The molecule has 0 N–H and O–H groups in total. The largest absolute Gasteiger partial charge is 0.213 e. The average Bonchev–Trinajstić information content (AvgIpc) is 2.24. The van der Waals surface area contributed by atoms with E-state index in [0.717, 1.165) is 31.0 Å². The van der Waals surface area contributed by atoms with Crippen molar-refractivity contribution in [1.82, 2.24) is 4.31 Å². The van der Waals surface area contributed by atoms with E-state index in [9.17, 15) is 8.42 Å². The lowest BCUT2D eigenvalue weighted by Gasteiger charge is -2.30. The van der Waals surface area contributed by atoms with E-state index >= 15 is 0 Å². The molecule has 1 fully saturated rings. The van der Waals surface area contributed by atoms with Crippen LogP contribution in [0.15, 0.2) is 12.2 Å². The first-order valence-corrected chi connectivity index (χ1v) is 8.67. The van der Waals surface area contributed by atoms with Gasteiger partial charge in [0.1, 0.15) is 0 Å². The number of sulfonamides is 1. The average molecular weight is 310 g/mol. The highest BCUT2D eigenvalue weighted by atomic mass is 79.9. The van der Waals surface area contributed by atoms with E-state index in [4.69, 9.17) is 0 Å². The predicted octanol–water partition coefficient (Wildman–Crippen LogP) is 2.39. The Balaban J connectivity index is 2.39. The van der Waals surface area contributed by atoms with Crippen LogP contribution in [-0.2, 0) is 10.0 Å². The molecular weight excluding hydrogens is 290 g/mol. The Morgan fingerprint density at radius 2 is 2.19 bits per heavy atom. The summed E-state index contributed by atoms with van der Waals surface area (Å²) in [6.07, 6.45) is 9.82. The lowest BCUT2D eigenvalue weighted by Crippen LogP contribution is -2.39. The maximum absolute atomic E-state index is 11.4. The van der Waals surface area contributed by atoms with E-state index in [-0.39, 0.29) is 0 Å². The number of allylic oxidation sites excluding steroid dienone is 2. The summed E-state index contributed by atoms with van der Waals surface area (Å²) in [6.45, 7) is 1.39. The van der Waals surface area contributed by atoms with Crippen LogP contribution in [0.2, 0.25) is 0 Å². The number of nitrogens with zero attached hydrogens (tertiary/aromatic N) is 1. The molecule has 0 aromatic rings. The van der Waals surface area contributed by atoms with Gasteiger partial charge >= 0.3 is 0 Å². The maximum atomic E-state index is 11.4. The minimum atomic E-state index is -2.99. The van der Waals surface area contributed by atoms with Gasteiger partial charge in [-0.25, -0.2) is 12.7 Å². The summed E-state index contributed by atoms with van der Waals surface area (Å²) < 4.78 is 24.4. The van der Waals surface area contributed by atoms with Gasteiger partial charge in [-0.2, -0.15) is 0 Å². The molecule has 1 rings (SSSR count). The third kappa shape index (κ3) is 4.97. The second kappa shape index (κ2) is 6.77. The molecule has 5 heteroatoms. The van der Waals surface area contributed by atoms with Gasteiger partial charge in [0.15, 0.2) is 0 Å². The molecule has 1 aliphatic heterocycles. The Hall–Kier alpha value is 0.130. The molecule has 0 bridgehead atoms. The molecule has 0 aromatic carbocycles. The summed E-state index contributed by atoms with van der Waals surface area (Å²) in [5.41, 5.74) is 0. The van der Waals surface area contributed by atoms with Crippen molar-refractivity contribution >= 4 is 26.0 Å². The number of rotatable bonds is 5. The monoisotopic (exact) mass is 309 g/mol. The summed E-state index contributed by atoms with van der Waals surface area (Å²) >= 11 is 3.37. The molecule has 16 heavy (non-hydrogen) atoms. The SMILES string of the molecule is CS(=O)(=O)N1CCCC(CC=CCCBr)C1. The molecule has 0 amide bonds. The van der Waals surface area contributed by atoms with Crippen LogP contribution >= 0.6 is 15.9 Å². The molecule has 94 valence electrons. The topological polar surface area (TPSA) is 37.4 Å². The van der Waals surface area contributed by atoms with Crippen molar-refractivity contribution < 1.29 is 8.42 Å². The Bertz CT molecular complexity index is 327. The minimum absolute atomic E-state index is 0.495. The maximum Gasteiger partial charge on any atom is 0.211 e. The molecule has 0 aromatic heterocycles. The Morgan fingerprint density at radius 1 is 1.44 bits per heavy atom. The van der Waals surface area contributed by atoms with Gasteiger partial charge in [0.25, 0.3) is 0 Å². The van der Waals surface area contributed by atoms with Crippen molar-refractivity contribution in [3.05, 3.63) is 12.2 Å². The number of hydrogen-bond acceptors (Lipinski definition) is 2. The van der Waals surface area contributed by atoms with Crippen LogP contribution < -0.4 is 0 Å². The van der Waals surface area contributed by atoms with Gasteiger partial charge in [-0.1, -0.05) is 28.1 Å². The van der Waals surface area contributed by atoms with Crippen molar-refractivity contribution in [2.24, 2.45) is 5.92 Å². The first-order chi connectivity index (χ1) is 7.54. The zero-order chi connectivity index (χ0) is 12.0. The summed E-state index contributed by atoms with van der Waals surface area (Å²) in [4.78, 5) is 0. The second-order valence-electron chi connectivity index (χ2n) is 4.31. The first kappa shape index (κ1) is 14.2. The molecule has 1 unspecified atom stereocenters. The smallest absolute Gasteiger partial charge is 0.211 e. The van der Waals surface area contributed by atoms with Gasteiger partial charge in [0.05, 0.1) is 6.26 Å². The highest BCUT2D eigenvalue weighted by Crippen LogP contribution is 2.21. The van der Waals surface area contributed by atoms with Crippen LogP contribution in [0.1, 0.15) is 25.7 Å². The van der Waals surface area contributed by atoms with Crippen molar-refractivity contribution in [3.8, 4) is 0 Å². The predicted molar refractivity (Wildman–Crippen MR) is 71.3 cm³/mol. The number of alkyl halides is 1. The fraction of sp³-hybridized carbons (Fsp3) is 0.818. The molecule has 0 saturated carbocycles. The Labute approximate surface area is 107 Å². The molecule has 1 heterocycles. The van der Waals surface area contributed by atoms with E-state index in [1.807, 2.05) is 0 Å². The van der Waals surface area contributed by atoms with Gasteiger partial charge < -0.3 is 0 Å². The fourth-order valence-electron chi connectivity index (χ4n) is 1.99. The van der Waals surface area contributed by atoms with Crippen molar-refractivity contribution in [3.63, 3.8) is 0 Å². The Kier molecular flexibility index (Phi) is 6.00. The lowest BCUT2D eigenvalue weighted by molar-refractivity contribution is 0.269. The van der Waals surface area contributed by atoms with Crippen molar-refractivity contribution in [2.45, 2.75) is 25.7 Å². The van der Waals surface area contributed by atoms with Crippen LogP contribution in [0.25, 0.3) is 0 Å². The third-order valence-corrected chi connectivity index (χ3v) is 4.59. The summed E-state index contributed by atoms with van der Waals surface area (Å²) in [7, 11) is -2.99. The van der Waals surface area contributed by atoms with Gasteiger partial charge in [0.2, 0.25) is 10.0 Å². The molecule has 1 saturated heterocycles. The first-order valence-electron chi connectivity index (χ1n) is 5.70. The van der Waals surface area contributed by atoms with E-state index < -0.39 is 10.0 Å². The number of piperidine rings is 1. The Morgan fingerprint density at radius 3 is 2.81 bits per heavy atom. The van der Waals surface area contributed by atoms with Crippen LogP contribution in [0.4, 0.5) is 0 Å². The zero-order valence-corrected chi connectivity index (χ0v) is 12.1. The minimum Gasteiger partial charge on any atom is -0.213 e.